The molecule has 2 aliphatic heterocycles. The lowest BCUT2D eigenvalue weighted by atomic mass is 9.35. The number of aromatic nitrogens is 1. The molecule has 1 aromatic heterocycles. The molecule has 0 aliphatic carbocycles. The van der Waals surface area contributed by atoms with E-state index in [4.69, 9.17) is 9.47 Å². The normalized spacial score (nSPS) is 12.6. The molecule has 0 bridgehead atoms. The van der Waals surface area contributed by atoms with Crippen LogP contribution in [0.2, 0.25) is 0 Å². The van der Waals surface area contributed by atoms with Crippen LogP contribution in [-0.4, -0.2) is 11.3 Å². The minimum absolute atomic E-state index is 0.0255. The molecule has 51 heavy (non-hydrogen) atoms. The number of nitrogens with zero attached hydrogens (tertiary/aromatic N) is 2. The summed E-state index contributed by atoms with van der Waals surface area (Å²) in [6.45, 7) is 8.54. The second kappa shape index (κ2) is 11.2. The van der Waals surface area contributed by atoms with Gasteiger partial charge in [0.15, 0.2) is 0 Å². The maximum absolute atomic E-state index is 6.74. The Labute approximate surface area is 298 Å². The van der Waals surface area contributed by atoms with Crippen LogP contribution in [0, 0.1) is 27.7 Å². The lowest BCUT2D eigenvalue weighted by Crippen LogP contribution is -2.57. The summed E-state index contributed by atoms with van der Waals surface area (Å²) in [7, 11) is 0. The molecule has 0 saturated heterocycles. The third kappa shape index (κ3) is 4.69. The van der Waals surface area contributed by atoms with Crippen LogP contribution >= 0.6 is 0 Å². The van der Waals surface area contributed by atoms with E-state index in [1.165, 1.54) is 44.1 Å². The highest BCUT2D eigenvalue weighted by Crippen LogP contribution is 2.41. The molecule has 0 saturated carbocycles. The van der Waals surface area contributed by atoms with Gasteiger partial charge in [-0.25, -0.2) is 0 Å². The molecule has 0 N–H and O–H groups in total. The topological polar surface area (TPSA) is 26.6 Å². The molecule has 7 aromatic carbocycles. The van der Waals surface area contributed by atoms with Crippen molar-refractivity contribution in [1.29, 1.82) is 0 Å². The number of rotatable bonds is 4. The van der Waals surface area contributed by atoms with E-state index < -0.39 is 0 Å². The second-order valence-corrected chi connectivity index (χ2v) is 14.1. The van der Waals surface area contributed by atoms with Crippen molar-refractivity contribution in [3.05, 3.63) is 162 Å². The predicted molar refractivity (Wildman–Crippen MR) is 212 cm³/mol. The largest absolute Gasteiger partial charge is 0.458 e. The fraction of sp³-hybridized carbons (Fsp3) is 0.0870. The van der Waals surface area contributed by atoms with E-state index in [1.807, 2.05) is 6.07 Å². The smallest absolute Gasteiger partial charge is 0.260 e. The van der Waals surface area contributed by atoms with E-state index in [1.54, 1.807) is 0 Å². The van der Waals surface area contributed by atoms with E-state index in [0.717, 1.165) is 62.1 Å². The van der Waals surface area contributed by atoms with Crippen LogP contribution in [0.3, 0.4) is 0 Å². The lowest BCUT2D eigenvalue weighted by molar-refractivity contribution is 0.464. The Morgan fingerprint density at radius 3 is 1.51 bits per heavy atom. The van der Waals surface area contributed by atoms with Gasteiger partial charge in [-0.1, -0.05) is 76.9 Å². The first-order valence-electron chi connectivity index (χ1n) is 17.6. The Morgan fingerprint density at radius 2 is 0.941 bits per heavy atom. The van der Waals surface area contributed by atoms with E-state index >= 15 is 0 Å². The summed E-state index contributed by atoms with van der Waals surface area (Å²) in [5.41, 5.74) is 15.0. The van der Waals surface area contributed by atoms with Gasteiger partial charge in [-0.2, -0.15) is 0 Å². The Bertz CT molecular complexity index is 2590. The van der Waals surface area contributed by atoms with Crippen LogP contribution in [-0.2, 0) is 0 Å². The Balaban J connectivity index is 1.12. The highest BCUT2D eigenvalue weighted by atomic mass is 16.5. The average molecular weight is 659 g/mol. The van der Waals surface area contributed by atoms with Gasteiger partial charge in [0.25, 0.3) is 6.71 Å². The SMILES string of the molecule is Cc1ccc(N(c2ccc(C)cc2)c2ccc3c(c2)Oc2cccc4c2B3c2ccc(-n3c5ccc(C)cc5c5cc(C)ccc53)cc2O4)cc1. The predicted octanol–water partition coefficient (Wildman–Crippen LogP) is 10.2. The average Bonchev–Trinajstić information content (AvgIpc) is 3.45. The van der Waals surface area contributed by atoms with Crippen LogP contribution in [0.1, 0.15) is 22.3 Å². The maximum Gasteiger partial charge on any atom is 0.260 e. The minimum Gasteiger partial charge on any atom is -0.458 e. The van der Waals surface area contributed by atoms with Gasteiger partial charge in [-0.3, -0.25) is 0 Å². The zero-order valence-electron chi connectivity index (χ0n) is 29.1. The monoisotopic (exact) mass is 658 g/mol. The molecule has 5 heteroatoms. The summed E-state index contributed by atoms with van der Waals surface area (Å²) >= 11 is 0. The number of hydrogen-bond acceptors (Lipinski definition) is 3. The van der Waals surface area contributed by atoms with E-state index in [9.17, 15) is 0 Å². The van der Waals surface area contributed by atoms with Crippen molar-refractivity contribution in [3.63, 3.8) is 0 Å². The van der Waals surface area contributed by atoms with Crippen LogP contribution in [0.15, 0.2) is 140 Å². The summed E-state index contributed by atoms with van der Waals surface area (Å²) in [6, 6.07) is 50.4. The van der Waals surface area contributed by atoms with Gasteiger partial charge in [0.1, 0.15) is 23.0 Å². The van der Waals surface area contributed by atoms with Crippen LogP contribution in [0.25, 0.3) is 27.5 Å². The highest BCUT2D eigenvalue weighted by molar-refractivity contribution is 6.98. The van der Waals surface area contributed by atoms with E-state index in [2.05, 4.69) is 171 Å². The van der Waals surface area contributed by atoms with Crippen molar-refractivity contribution in [2.45, 2.75) is 27.7 Å². The first-order valence-corrected chi connectivity index (χ1v) is 17.6. The molecule has 244 valence electrons. The van der Waals surface area contributed by atoms with Crippen molar-refractivity contribution >= 4 is 62.0 Å². The first kappa shape index (κ1) is 29.7. The van der Waals surface area contributed by atoms with Gasteiger partial charge in [-0.15, -0.1) is 0 Å². The van der Waals surface area contributed by atoms with Crippen molar-refractivity contribution in [2.24, 2.45) is 0 Å². The zero-order valence-corrected chi connectivity index (χ0v) is 29.1. The van der Waals surface area contributed by atoms with Crippen LogP contribution in [0.4, 0.5) is 17.1 Å². The summed E-state index contributed by atoms with van der Waals surface area (Å²) in [6.07, 6.45) is 0. The molecule has 0 spiro atoms. The second-order valence-electron chi connectivity index (χ2n) is 14.1. The molecule has 0 unspecified atom stereocenters. The molecule has 8 aromatic rings. The van der Waals surface area contributed by atoms with E-state index in [-0.39, 0.29) is 6.71 Å². The first-order chi connectivity index (χ1) is 24.9. The molecule has 3 heterocycles. The lowest BCUT2D eigenvalue weighted by Gasteiger charge is -2.34. The number of fused-ring (bicyclic) bond motifs is 7. The quantitative estimate of drug-likeness (QED) is 0.176. The van der Waals surface area contributed by atoms with Crippen molar-refractivity contribution < 1.29 is 9.47 Å². The number of anilines is 3. The molecular weight excluding hydrogens is 623 g/mol. The van der Waals surface area contributed by atoms with Gasteiger partial charge in [0, 0.05) is 51.1 Å². The molecule has 10 rings (SSSR count). The van der Waals surface area contributed by atoms with Crippen molar-refractivity contribution in [1.82, 2.24) is 4.57 Å². The summed E-state index contributed by atoms with van der Waals surface area (Å²) in [5.74, 6) is 3.40. The number of benzene rings is 7. The molecule has 0 fully saturated rings. The minimum atomic E-state index is -0.0255. The molecular formula is C46H35BN2O2. The fourth-order valence-corrected chi connectivity index (χ4v) is 8.04. The Hall–Kier alpha value is -6.20. The molecule has 0 radical (unpaired) electrons. The summed E-state index contributed by atoms with van der Waals surface area (Å²) < 4.78 is 15.8. The van der Waals surface area contributed by atoms with Gasteiger partial charge >= 0.3 is 0 Å². The molecule has 0 amide bonds. The molecule has 0 atom stereocenters. The number of aryl methyl sites for hydroxylation is 4. The van der Waals surface area contributed by atoms with E-state index in [0.29, 0.717) is 0 Å². The van der Waals surface area contributed by atoms with Gasteiger partial charge in [0.05, 0.1) is 11.0 Å². The summed E-state index contributed by atoms with van der Waals surface area (Å²) in [4.78, 5) is 2.30. The van der Waals surface area contributed by atoms with Crippen LogP contribution in [0.5, 0.6) is 23.0 Å². The molecule has 4 nitrogen and oxygen atoms in total. The zero-order chi connectivity index (χ0) is 34.4. The fourth-order valence-electron chi connectivity index (χ4n) is 8.04. The third-order valence-corrected chi connectivity index (χ3v) is 10.5. The van der Waals surface area contributed by atoms with Gasteiger partial charge < -0.3 is 18.9 Å². The van der Waals surface area contributed by atoms with Crippen molar-refractivity contribution in [2.75, 3.05) is 4.90 Å². The van der Waals surface area contributed by atoms with Gasteiger partial charge in [0.2, 0.25) is 0 Å². The third-order valence-electron chi connectivity index (χ3n) is 10.5. The van der Waals surface area contributed by atoms with Crippen molar-refractivity contribution in [3.8, 4) is 28.7 Å². The Kier molecular flexibility index (Phi) is 6.50. The summed E-state index contributed by atoms with van der Waals surface area (Å²) in [5, 5.41) is 2.53. The maximum atomic E-state index is 6.74. The van der Waals surface area contributed by atoms with Gasteiger partial charge in [-0.05, 0) is 111 Å². The number of ether oxygens (including phenoxy) is 2. The molecule has 2 aliphatic rings. The standard InChI is InChI=1S/C46H35BN2O2/c1-28-8-14-32(15-9-28)48(33-16-10-29(2)11-17-33)34-18-20-38-44(26-34)50-42-6-5-7-43-46(42)47(38)39-21-19-35(27-45(39)51-43)49-40-22-12-30(3)24-36(40)37-25-31(4)13-23-41(37)49/h5-27H,1-4H3. The number of hydrogen-bond donors (Lipinski definition) is 0. The van der Waals surface area contributed by atoms with Crippen LogP contribution < -0.4 is 30.8 Å². The Morgan fingerprint density at radius 1 is 0.451 bits per heavy atom. The highest BCUT2D eigenvalue weighted by Gasteiger charge is 2.40.